The molecule has 25 heavy (non-hydrogen) atoms. The fraction of sp³-hybridized carbons (Fsp3) is 0.565. The lowest BCUT2D eigenvalue weighted by Gasteiger charge is -2.05. The predicted octanol–water partition coefficient (Wildman–Crippen LogP) is 6.78. The molecule has 0 radical (unpaired) electrons. The number of nitrogens with zero attached hydrogens (tertiary/aromatic N) is 2. The van der Waals surface area contributed by atoms with Gasteiger partial charge in [0.2, 0.25) is 0 Å². The fourth-order valence-corrected chi connectivity index (χ4v) is 3.14. The molecule has 0 fully saturated rings. The summed E-state index contributed by atoms with van der Waals surface area (Å²) in [6, 6.07) is 8.80. The van der Waals surface area contributed by atoms with Crippen molar-refractivity contribution >= 4 is 0 Å². The summed E-state index contributed by atoms with van der Waals surface area (Å²) in [6.45, 7) is 4.50. The van der Waals surface area contributed by atoms with Gasteiger partial charge in [-0.25, -0.2) is 9.97 Å². The van der Waals surface area contributed by atoms with Crippen LogP contribution in [-0.4, -0.2) is 9.97 Å². The quantitative estimate of drug-likeness (QED) is 0.399. The van der Waals surface area contributed by atoms with Gasteiger partial charge in [0.1, 0.15) is 0 Å². The molecule has 1 heterocycles. The van der Waals surface area contributed by atoms with Crippen LogP contribution in [-0.2, 0) is 12.8 Å². The first kappa shape index (κ1) is 19.6. The molecule has 0 saturated heterocycles. The second-order valence-corrected chi connectivity index (χ2v) is 7.09. The number of benzene rings is 1. The maximum Gasteiger partial charge on any atom is 0.159 e. The van der Waals surface area contributed by atoms with Crippen LogP contribution in [0.25, 0.3) is 11.4 Å². The summed E-state index contributed by atoms with van der Waals surface area (Å²) >= 11 is 0. The van der Waals surface area contributed by atoms with Crippen LogP contribution in [0.1, 0.15) is 82.8 Å². The molecule has 0 saturated carbocycles. The van der Waals surface area contributed by atoms with E-state index in [-0.39, 0.29) is 0 Å². The minimum Gasteiger partial charge on any atom is -0.236 e. The van der Waals surface area contributed by atoms with Crippen LogP contribution in [0.4, 0.5) is 0 Å². The second kappa shape index (κ2) is 11.8. The molecule has 0 aliphatic heterocycles. The zero-order valence-electron chi connectivity index (χ0n) is 16.1. The van der Waals surface area contributed by atoms with Crippen molar-refractivity contribution in [3.05, 3.63) is 47.8 Å². The molecule has 2 aromatic rings. The van der Waals surface area contributed by atoms with Gasteiger partial charge in [-0.15, -0.1) is 0 Å². The Morgan fingerprint density at radius 1 is 0.600 bits per heavy atom. The van der Waals surface area contributed by atoms with Gasteiger partial charge in [0, 0.05) is 18.0 Å². The van der Waals surface area contributed by atoms with Gasteiger partial charge in [-0.05, 0) is 36.8 Å². The standard InChI is InChI=1S/C23H34N2/c1-3-5-7-8-9-11-12-20-14-16-22(17-15-20)23-24-18-21(19-25-23)13-10-6-4-2/h14-19H,3-13H2,1-2H3. The zero-order chi connectivity index (χ0) is 17.7. The summed E-state index contributed by atoms with van der Waals surface area (Å²) in [6.07, 6.45) is 18.1. The molecular weight excluding hydrogens is 304 g/mol. The molecule has 136 valence electrons. The first-order valence-electron chi connectivity index (χ1n) is 10.2. The first-order chi connectivity index (χ1) is 12.3. The Kier molecular flexibility index (Phi) is 9.25. The SMILES string of the molecule is CCCCCCCCc1ccc(-c2ncc(CCCCC)cn2)cc1. The van der Waals surface area contributed by atoms with Crippen LogP contribution in [0.2, 0.25) is 0 Å². The Labute approximate surface area is 154 Å². The summed E-state index contributed by atoms with van der Waals surface area (Å²) in [5.41, 5.74) is 3.79. The highest BCUT2D eigenvalue weighted by molar-refractivity contribution is 5.55. The van der Waals surface area contributed by atoms with E-state index in [4.69, 9.17) is 0 Å². The Morgan fingerprint density at radius 3 is 1.80 bits per heavy atom. The Bertz CT molecular complexity index is 572. The topological polar surface area (TPSA) is 25.8 Å². The summed E-state index contributed by atoms with van der Waals surface area (Å²) in [7, 11) is 0. The third-order valence-corrected chi connectivity index (χ3v) is 4.81. The number of hydrogen-bond donors (Lipinski definition) is 0. The Morgan fingerprint density at radius 2 is 1.12 bits per heavy atom. The van der Waals surface area contributed by atoms with Crippen LogP contribution in [0.3, 0.4) is 0 Å². The van der Waals surface area contributed by atoms with Gasteiger partial charge in [-0.1, -0.05) is 83.1 Å². The van der Waals surface area contributed by atoms with Crippen LogP contribution in [0, 0.1) is 0 Å². The highest BCUT2D eigenvalue weighted by atomic mass is 14.9. The van der Waals surface area contributed by atoms with Crippen molar-refractivity contribution < 1.29 is 0 Å². The number of aromatic nitrogens is 2. The van der Waals surface area contributed by atoms with Gasteiger partial charge in [-0.2, -0.15) is 0 Å². The number of unbranched alkanes of at least 4 members (excludes halogenated alkanes) is 7. The molecule has 1 aromatic carbocycles. The summed E-state index contributed by atoms with van der Waals surface area (Å²) < 4.78 is 0. The van der Waals surface area contributed by atoms with Gasteiger partial charge in [-0.3, -0.25) is 0 Å². The fourth-order valence-electron chi connectivity index (χ4n) is 3.14. The van der Waals surface area contributed by atoms with Gasteiger partial charge in [0.15, 0.2) is 5.82 Å². The van der Waals surface area contributed by atoms with E-state index in [1.165, 1.54) is 75.3 Å². The first-order valence-corrected chi connectivity index (χ1v) is 10.2. The monoisotopic (exact) mass is 338 g/mol. The lowest BCUT2D eigenvalue weighted by molar-refractivity contribution is 0.607. The molecule has 0 amide bonds. The lowest BCUT2D eigenvalue weighted by atomic mass is 10.0. The average Bonchev–Trinajstić information content (AvgIpc) is 2.66. The van der Waals surface area contributed by atoms with Gasteiger partial charge in [0.05, 0.1) is 0 Å². The van der Waals surface area contributed by atoms with E-state index in [9.17, 15) is 0 Å². The van der Waals surface area contributed by atoms with Crippen molar-refractivity contribution in [3.63, 3.8) is 0 Å². The summed E-state index contributed by atoms with van der Waals surface area (Å²) in [4.78, 5) is 9.10. The maximum absolute atomic E-state index is 4.55. The second-order valence-electron chi connectivity index (χ2n) is 7.09. The average molecular weight is 339 g/mol. The van der Waals surface area contributed by atoms with Crippen molar-refractivity contribution in [1.29, 1.82) is 0 Å². The van der Waals surface area contributed by atoms with Crippen LogP contribution >= 0.6 is 0 Å². The lowest BCUT2D eigenvalue weighted by Crippen LogP contribution is -1.93. The molecule has 1 aromatic heterocycles. The Hall–Kier alpha value is -1.70. The van der Waals surface area contributed by atoms with E-state index in [0.29, 0.717) is 0 Å². The number of hydrogen-bond acceptors (Lipinski definition) is 2. The van der Waals surface area contributed by atoms with Gasteiger partial charge in [0.25, 0.3) is 0 Å². The van der Waals surface area contributed by atoms with E-state index in [1.807, 2.05) is 12.4 Å². The van der Waals surface area contributed by atoms with Gasteiger partial charge < -0.3 is 0 Å². The molecule has 0 N–H and O–H groups in total. The molecule has 0 aliphatic carbocycles. The smallest absolute Gasteiger partial charge is 0.159 e. The summed E-state index contributed by atoms with van der Waals surface area (Å²) in [5.74, 6) is 0.838. The van der Waals surface area contributed by atoms with Crippen molar-refractivity contribution in [1.82, 2.24) is 9.97 Å². The minimum atomic E-state index is 0.838. The third kappa shape index (κ3) is 7.37. The van der Waals surface area contributed by atoms with Crippen LogP contribution < -0.4 is 0 Å². The normalized spacial score (nSPS) is 11.0. The van der Waals surface area contributed by atoms with Crippen molar-refractivity contribution in [2.75, 3.05) is 0 Å². The van der Waals surface area contributed by atoms with Crippen LogP contribution in [0.15, 0.2) is 36.7 Å². The van der Waals surface area contributed by atoms with E-state index in [0.717, 1.165) is 17.8 Å². The van der Waals surface area contributed by atoms with Gasteiger partial charge >= 0.3 is 0 Å². The molecular formula is C23H34N2. The van der Waals surface area contributed by atoms with E-state index >= 15 is 0 Å². The number of aryl methyl sites for hydroxylation is 2. The largest absolute Gasteiger partial charge is 0.236 e. The van der Waals surface area contributed by atoms with Crippen molar-refractivity contribution in [2.24, 2.45) is 0 Å². The van der Waals surface area contributed by atoms with Crippen LogP contribution in [0.5, 0.6) is 0 Å². The van der Waals surface area contributed by atoms with Crippen molar-refractivity contribution in [3.8, 4) is 11.4 Å². The molecule has 2 nitrogen and oxygen atoms in total. The molecule has 0 aliphatic rings. The highest BCUT2D eigenvalue weighted by Gasteiger charge is 2.02. The van der Waals surface area contributed by atoms with E-state index in [2.05, 4.69) is 48.1 Å². The molecule has 2 rings (SSSR count). The molecule has 0 unspecified atom stereocenters. The summed E-state index contributed by atoms with van der Waals surface area (Å²) in [5, 5.41) is 0. The predicted molar refractivity (Wildman–Crippen MR) is 108 cm³/mol. The third-order valence-electron chi connectivity index (χ3n) is 4.81. The zero-order valence-corrected chi connectivity index (χ0v) is 16.1. The highest BCUT2D eigenvalue weighted by Crippen LogP contribution is 2.17. The van der Waals surface area contributed by atoms with E-state index < -0.39 is 0 Å². The molecule has 0 atom stereocenters. The number of rotatable bonds is 12. The molecule has 0 spiro atoms. The molecule has 0 bridgehead atoms. The van der Waals surface area contributed by atoms with E-state index in [1.54, 1.807) is 0 Å². The Balaban J connectivity index is 1.79. The molecule has 2 heteroatoms. The van der Waals surface area contributed by atoms with Crippen molar-refractivity contribution in [2.45, 2.75) is 84.5 Å². The maximum atomic E-state index is 4.55. The minimum absolute atomic E-state index is 0.838.